The van der Waals surface area contributed by atoms with Crippen molar-refractivity contribution in [3.8, 4) is 22.8 Å². The second kappa shape index (κ2) is 7.70. The Bertz CT molecular complexity index is 1110. The minimum Gasteiger partial charge on any atom is -0.411 e. The summed E-state index contributed by atoms with van der Waals surface area (Å²) in [6.07, 6.45) is -4.44. The summed E-state index contributed by atoms with van der Waals surface area (Å²) in [5.41, 5.74) is 0.239. The van der Waals surface area contributed by atoms with Crippen LogP contribution in [0.1, 0.15) is 23.6 Å². The van der Waals surface area contributed by atoms with Crippen molar-refractivity contribution in [1.82, 2.24) is 20.3 Å². The molecule has 0 fully saturated rings. The summed E-state index contributed by atoms with van der Waals surface area (Å²) < 4.78 is 49.5. The molecule has 0 aliphatic carbocycles. The van der Waals surface area contributed by atoms with E-state index in [2.05, 4.69) is 20.3 Å². The lowest BCUT2D eigenvalue weighted by Crippen LogP contribution is -2.04. The van der Waals surface area contributed by atoms with Crippen molar-refractivity contribution in [3.63, 3.8) is 0 Å². The molecule has 0 spiro atoms. The van der Waals surface area contributed by atoms with E-state index in [1.165, 1.54) is 23.9 Å². The molecule has 4 aromatic rings. The van der Waals surface area contributed by atoms with Gasteiger partial charge >= 0.3 is 6.18 Å². The van der Waals surface area contributed by atoms with Crippen molar-refractivity contribution in [2.75, 3.05) is 0 Å². The number of alkyl halides is 3. The molecule has 0 amide bonds. The zero-order chi connectivity index (χ0) is 20.4. The van der Waals surface area contributed by atoms with E-state index in [0.29, 0.717) is 11.1 Å². The smallest absolute Gasteiger partial charge is 0.411 e. The number of thioether (sulfide) groups is 1. The van der Waals surface area contributed by atoms with Crippen LogP contribution in [-0.4, -0.2) is 20.3 Å². The van der Waals surface area contributed by atoms with Gasteiger partial charge in [-0.05, 0) is 31.2 Å². The van der Waals surface area contributed by atoms with Crippen molar-refractivity contribution < 1.29 is 22.1 Å². The molecule has 0 aliphatic heterocycles. The van der Waals surface area contributed by atoms with E-state index in [1.807, 2.05) is 30.3 Å². The lowest BCUT2D eigenvalue weighted by Gasteiger charge is -2.06. The van der Waals surface area contributed by atoms with Gasteiger partial charge < -0.3 is 8.94 Å². The van der Waals surface area contributed by atoms with E-state index in [0.717, 1.165) is 17.7 Å². The maximum atomic E-state index is 12.9. The summed E-state index contributed by atoms with van der Waals surface area (Å²) in [5, 5.41) is 11.8. The third-order valence-corrected chi connectivity index (χ3v) is 4.86. The van der Waals surface area contributed by atoms with Crippen molar-refractivity contribution >= 4 is 11.8 Å². The quantitative estimate of drug-likeness (QED) is 0.387. The molecule has 0 aliphatic rings. The molecule has 0 bridgehead atoms. The highest BCUT2D eigenvalue weighted by Gasteiger charge is 2.31. The molecular formula is C19H13F3N4O2S. The summed E-state index contributed by atoms with van der Waals surface area (Å²) in [6, 6.07) is 14.1. The van der Waals surface area contributed by atoms with Crippen LogP contribution in [0.15, 0.2) is 68.8 Å². The Labute approximate surface area is 167 Å². The Morgan fingerprint density at radius 3 is 2.48 bits per heavy atom. The van der Waals surface area contributed by atoms with E-state index in [1.54, 1.807) is 6.92 Å². The van der Waals surface area contributed by atoms with Gasteiger partial charge in [0, 0.05) is 11.1 Å². The lowest BCUT2D eigenvalue weighted by molar-refractivity contribution is -0.137. The Hall–Kier alpha value is -3.14. The van der Waals surface area contributed by atoms with Crippen LogP contribution < -0.4 is 0 Å². The van der Waals surface area contributed by atoms with E-state index >= 15 is 0 Å². The molecule has 6 nitrogen and oxygen atoms in total. The first-order valence-corrected chi connectivity index (χ1v) is 9.35. The van der Waals surface area contributed by atoms with Crippen LogP contribution >= 0.6 is 11.8 Å². The SMILES string of the molecule is C[C@H](Sc1nnc(-c2ccccc2)o1)c1nc(-c2cccc(C(F)(F)F)c2)no1. The van der Waals surface area contributed by atoms with Crippen LogP contribution in [-0.2, 0) is 6.18 Å². The number of benzene rings is 2. The van der Waals surface area contributed by atoms with Crippen LogP contribution in [0.5, 0.6) is 0 Å². The van der Waals surface area contributed by atoms with Gasteiger partial charge in [0.05, 0.1) is 10.8 Å². The third kappa shape index (κ3) is 4.32. The van der Waals surface area contributed by atoms with E-state index in [9.17, 15) is 13.2 Å². The van der Waals surface area contributed by atoms with Gasteiger partial charge in [-0.15, -0.1) is 10.2 Å². The molecule has 10 heteroatoms. The van der Waals surface area contributed by atoms with E-state index < -0.39 is 11.7 Å². The fraction of sp³-hybridized carbons (Fsp3) is 0.158. The number of hydrogen-bond acceptors (Lipinski definition) is 7. The van der Waals surface area contributed by atoms with Gasteiger partial charge in [-0.2, -0.15) is 18.2 Å². The van der Waals surface area contributed by atoms with Crippen LogP contribution in [0.2, 0.25) is 0 Å². The summed E-state index contributed by atoms with van der Waals surface area (Å²) in [6.45, 7) is 1.79. The van der Waals surface area contributed by atoms with Gasteiger partial charge in [-0.3, -0.25) is 0 Å². The van der Waals surface area contributed by atoms with Crippen LogP contribution in [0.4, 0.5) is 13.2 Å². The molecule has 1 atom stereocenters. The molecule has 0 radical (unpaired) electrons. The first-order valence-electron chi connectivity index (χ1n) is 8.47. The maximum absolute atomic E-state index is 12.9. The van der Waals surface area contributed by atoms with Crippen molar-refractivity contribution in [2.45, 2.75) is 23.6 Å². The standard InChI is InChI=1S/C19H13F3N4O2S/c1-11(29-18-25-24-17(27-18)12-6-3-2-4-7-12)16-23-15(26-28-16)13-8-5-9-14(10-13)19(20,21)22/h2-11H,1H3/t11-/m0/s1. The summed E-state index contributed by atoms with van der Waals surface area (Å²) in [7, 11) is 0. The minimum absolute atomic E-state index is 0.0778. The van der Waals surface area contributed by atoms with Gasteiger partial charge in [0.25, 0.3) is 5.22 Å². The van der Waals surface area contributed by atoms with Crippen molar-refractivity contribution in [1.29, 1.82) is 0 Å². The fourth-order valence-electron chi connectivity index (χ4n) is 2.51. The molecule has 2 aromatic heterocycles. The van der Waals surface area contributed by atoms with Gasteiger partial charge in [0.2, 0.25) is 17.6 Å². The Morgan fingerprint density at radius 1 is 0.966 bits per heavy atom. The largest absolute Gasteiger partial charge is 0.416 e. The fourth-order valence-corrected chi connectivity index (χ4v) is 3.22. The second-order valence-corrected chi connectivity index (χ2v) is 7.33. The Kier molecular flexibility index (Phi) is 5.10. The van der Waals surface area contributed by atoms with Crippen LogP contribution in [0, 0.1) is 0 Å². The van der Waals surface area contributed by atoms with Gasteiger partial charge in [0.15, 0.2) is 0 Å². The normalized spacial score (nSPS) is 12.8. The molecule has 148 valence electrons. The highest BCUT2D eigenvalue weighted by atomic mass is 32.2. The van der Waals surface area contributed by atoms with Gasteiger partial charge in [0.1, 0.15) is 0 Å². The van der Waals surface area contributed by atoms with Gasteiger partial charge in [-0.1, -0.05) is 47.3 Å². The number of nitrogens with zero attached hydrogens (tertiary/aromatic N) is 4. The van der Waals surface area contributed by atoms with Crippen LogP contribution in [0.3, 0.4) is 0 Å². The summed E-state index contributed by atoms with van der Waals surface area (Å²) in [4.78, 5) is 4.21. The topological polar surface area (TPSA) is 77.8 Å². The summed E-state index contributed by atoms with van der Waals surface area (Å²) >= 11 is 1.21. The molecule has 2 heterocycles. The Balaban J connectivity index is 1.49. The highest BCUT2D eigenvalue weighted by molar-refractivity contribution is 7.99. The second-order valence-electron chi connectivity index (χ2n) is 6.03. The van der Waals surface area contributed by atoms with Crippen LogP contribution in [0.25, 0.3) is 22.8 Å². The van der Waals surface area contributed by atoms with E-state index in [4.69, 9.17) is 8.94 Å². The molecular weight excluding hydrogens is 405 g/mol. The highest BCUT2D eigenvalue weighted by Crippen LogP contribution is 2.36. The van der Waals surface area contributed by atoms with Crippen molar-refractivity contribution in [2.24, 2.45) is 0 Å². The number of rotatable bonds is 5. The molecule has 0 saturated heterocycles. The average Bonchev–Trinajstić information content (AvgIpc) is 3.38. The monoisotopic (exact) mass is 418 g/mol. The zero-order valence-corrected chi connectivity index (χ0v) is 15.7. The predicted octanol–water partition coefficient (Wildman–Crippen LogP) is 5.66. The Morgan fingerprint density at radius 2 is 1.72 bits per heavy atom. The number of aromatic nitrogens is 4. The molecule has 0 unspecified atom stereocenters. The third-order valence-electron chi connectivity index (χ3n) is 3.94. The minimum atomic E-state index is -4.44. The first kappa shape index (κ1) is 19.2. The average molecular weight is 418 g/mol. The molecule has 0 saturated carbocycles. The van der Waals surface area contributed by atoms with E-state index in [-0.39, 0.29) is 22.5 Å². The zero-order valence-electron chi connectivity index (χ0n) is 14.9. The predicted molar refractivity (Wildman–Crippen MR) is 98.7 cm³/mol. The molecule has 29 heavy (non-hydrogen) atoms. The first-order chi connectivity index (χ1) is 13.9. The summed E-state index contributed by atoms with van der Waals surface area (Å²) in [5.74, 6) is 0.700. The van der Waals surface area contributed by atoms with Gasteiger partial charge in [-0.25, -0.2) is 0 Å². The molecule has 2 aromatic carbocycles. The maximum Gasteiger partial charge on any atom is 0.416 e. The van der Waals surface area contributed by atoms with Crippen molar-refractivity contribution in [3.05, 3.63) is 66.1 Å². The number of hydrogen-bond donors (Lipinski definition) is 0. The molecule has 0 N–H and O–H groups in total. The lowest BCUT2D eigenvalue weighted by atomic mass is 10.1. The number of halogens is 3. The molecule has 4 rings (SSSR count).